The highest BCUT2D eigenvalue weighted by atomic mass is 35.5. The largest absolute Gasteiger partial charge is 0.497 e. The molecule has 0 spiro atoms. The van der Waals surface area contributed by atoms with Crippen LogP contribution < -0.4 is 4.74 Å². The number of carbonyl (C=O) groups is 1. The van der Waals surface area contributed by atoms with Crippen LogP contribution in [0, 0.1) is 0 Å². The quantitative estimate of drug-likeness (QED) is 0.760. The summed E-state index contributed by atoms with van der Waals surface area (Å²) in [6.07, 6.45) is 1.01. The fourth-order valence-electron chi connectivity index (χ4n) is 1.10. The standard InChI is InChI=1S/C9H9ClO4S/c1-14-6-3-4-7(9(10)11)8(5-6)15(2,12)13/h3-5H,1-2H3. The lowest BCUT2D eigenvalue weighted by molar-refractivity contribution is 0.107. The third-order valence-electron chi connectivity index (χ3n) is 1.80. The van der Waals surface area contributed by atoms with E-state index in [4.69, 9.17) is 16.3 Å². The molecule has 15 heavy (non-hydrogen) atoms. The van der Waals surface area contributed by atoms with Crippen LogP contribution in [0.2, 0.25) is 0 Å². The summed E-state index contributed by atoms with van der Waals surface area (Å²) in [6.45, 7) is 0. The number of hydrogen-bond acceptors (Lipinski definition) is 4. The van der Waals surface area contributed by atoms with Crippen LogP contribution in [0.5, 0.6) is 5.75 Å². The minimum absolute atomic E-state index is 0.0417. The zero-order valence-corrected chi connectivity index (χ0v) is 9.72. The molecule has 4 nitrogen and oxygen atoms in total. The Balaban J connectivity index is 3.50. The number of benzene rings is 1. The van der Waals surface area contributed by atoms with E-state index in [2.05, 4.69) is 0 Å². The Morgan fingerprint density at radius 2 is 2.00 bits per heavy atom. The van der Waals surface area contributed by atoms with Crippen molar-refractivity contribution in [3.8, 4) is 5.75 Å². The van der Waals surface area contributed by atoms with Crippen molar-refractivity contribution in [1.82, 2.24) is 0 Å². The van der Waals surface area contributed by atoms with Gasteiger partial charge in [0.2, 0.25) is 0 Å². The molecule has 0 saturated heterocycles. The summed E-state index contributed by atoms with van der Waals surface area (Å²) in [7, 11) is -2.09. The minimum atomic E-state index is -3.50. The molecule has 0 fully saturated rings. The fourth-order valence-corrected chi connectivity index (χ4v) is 2.21. The van der Waals surface area contributed by atoms with Crippen molar-refractivity contribution < 1.29 is 17.9 Å². The predicted octanol–water partition coefficient (Wildman–Crippen LogP) is 1.48. The normalized spacial score (nSPS) is 11.1. The van der Waals surface area contributed by atoms with Gasteiger partial charge in [0.25, 0.3) is 5.24 Å². The molecule has 0 radical (unpaired) electrons. The van der Waals surface area contributed by atoms with E-state index in [1.165, 1.54) is 25.3 Å². The molecule has 0 N–H and O–H groups in total. The van der Waals surface area contributed by atoms with Crippen LogP contribution in [0.3, 0.4) is 0 Å². The zero-order chi connectivity index (χ0) is 11.6. The molecule has 6 heteroatoms. The fraction of sp³-hybridized carbons (Fsp3) is 0.222. The van der Waals surface area contributed by atoms with Gasteiger partial charge < -0.3 is 4.74 Å². The number of sulfone groups is 1. The van der Waals surface area contributed by atoms with Gasteiger partial charge in [0, 0.05) is 6.26 Å². The van der Waals surface area contributed by atoms with Crippen molar-refractivity contribution >= 4 is 26.7 Å². The topological polar surface area (TPSA) is 60.4 Å². The smallest absolute Gasteiger partial charge is 0.253 e. The third kappa shape index (κ3) is 2.70. The number of ether oxygens (including phenoxy) is 1. The predicted molar refractivity (Wildman–Crippen MR) is 56.3 cm³/mol. The molecule has 0 unspecified atom stereocenters. The molecule has 0 saturated carbocycles. The molecule has 82 valence electrons. The highest BCUT2D eigenvalue weighted by Crippen LogP contribution is 2.23. The Hall–Kier alpha value is -1.07. The molecule has 0 amide bonds. The van der Waals surface area contributed by atoms with Crippen molar-refractivity contribution in [1.29, 1.82) is 0 Å². The van der Waals surface area contributed by atoms with Gasteiger partial charge in [0.1, 0.15) is 5.75 Å². The summed E-state index contributed by atoms with van der Waals surface area (Å²) in [5, 5.41) is -0.807. The molecule has 0 aliphatic carbocycles. The van der Waals surface area contributed by atoms with E-state index in [0.717, 1.165) is 6.26 Å². The lowest BCUT2D eigenvalue weighted by Crippen LogP contribution is -2.05. The lowest BCUT2D eigenvalue weighted by atomic mass is 10.2. The summed E-state index contributed by atoms with van der Waals surface area (Å²) < 4.78 is 27.6. The highest BCUT2D eigenvalue weighted by molar-refractivity contribution is 7.90. The van der Waals surface area contributed by atoms with Gasteiger partial charge in [-0.2, -0.15) is 0 Å². The third-order valence-corrected chi connectivity index (χ3v) is 3.14. The molecular weight excluding hydrogens is 240 g/mol. The molecule has 0 aromatic heterocycles. The van der Waals surface area contributed by atoms with E-state index >= 15 is 0 Å². The average Bonchev–Trinajstić information content (AvgIpc) is 2.15. The van der Waals surface area contributed by atoms with Gasteiger partial charge in [-0.05, 0) is 29.8 Å². The Morgan fingerprint density at radius 1 is 1.40 bits per heavy atom. The van der Waals surface area contributed by atoms with Crippen molar-refractivity contribution in [2.75, 3.05) is 13.4 Å². The van der Waals surface area contributed by atoms with Crippen LogP contribution in [-0.2, 0) is 9.84 Å². The summed E-state index contributed by atoms with van der Waals surface area (Å²) in [6, 6.07) is 4.07. The second kappa shape index (κ2) is 4.20. The van der Waals surface area contributed by atoms with Gasteiger partial charge in [-0.3, -0.25) is 4.79 Å². The number of carbonyl (C=O) groups excluding carboxylic acids is 1. The zero-order valence-electron chi connectivity index (χ0n) is 8.15. The van der Waals surface area contributed by atoms with Gasteiger partial charge in [0.05, 0.1) is 17.6 Å². The summed E-state index contributed by atoms with van der Waals surface area (Å²) in [4.78, 5) is 10.8. The lowest BCUT2D eigenvalue weighted by Gasteiger charge is -2.06. The maximum absolute atomic E-state index is 11.4. The molecule has 0 aliphatic heterocycles. The van der Waals surface area contributed by atoms with Crippen molar-refractivity contribution in [2.24, 2.45) is 0 Å². The van der Waals surface area contributed by atoms with Crippen LogP contribution in [0.4, 0.5) is 0 Å². The second-order valence-electron chi connectivity index (χ2n) is 2.91. The summed E-state index contributed by atoms with van der Waals surface area (Å²) >= 11 is 5.27. The molecule has 0 aliphatic rings. The Kier molecular flexibility index (Phi) is 3.36. The monoisotopic (exact) mass is 248 g/mol. The maximum atomic E-state index is 11.4. The van der Waals surface area contributed by atoms with E-state index in [9.17, 15) is 13.2 Å². The van der Waals surface area contributed by atoms with Gasteiger partial charge >= 0.3 is 0 Å². The van der Waals surface area contributed by atoms with Gasteiger partial charge in [-0.15, -0.1) is 0 Å². The Bertz CT molecular complexity index is 493. The number of methoxy groups -OCH3 is 1. The summed E-state index contributed by atoms with van der Waals surface area (Å²) in [5.41, 5.74) is -0.0417. The van der Waals surface area contributed by atoms with Crippen molar-refractivity contribution in [3.05, 3.63) is 23.8 Å². The van der Waals surface area contributed by atoms with Crippen LogP contribution in [0.1, 0.15) is 10.4 Å². The first-order valence-corrected chi connectivity index (χ1v) is 6.21. The Morgan fingerprint density at radius 3 is 2.40 bits per heavy atom. The van der Waals surface area contributed by atoms with E-state index in [1.54, 1.807) is 0 Å². The van der Waals surface area contributed by atoms with Crippen LogP contribution in [-0.4, -0.2) is 27.0 Å². The first-order chi connectivity index (χ1) is 6.86. The van der Waals surface area contributed by atoms with E-state index in [-0.39, 0.29) is 10.5 Å². The van der Waals surface area contributed by atoms with Gasteiger partial charge in [-0.1, -0.05) is 0 Å². The maximum Gasteiger partial charge on any atom is 0.253 e. The summed E-state index contributed by atoms with van der Waals surface area (Å²) in [5.74, 6) is 0.358. The number of halogens is 1. The number of hydrogen-bond donors (Lipinski definition) is 0. The van der Waals surface area contributed by atoms with Crippen LogP contribution >= 0.6 is 11.6 Å². The van der Waals surface area contributed by atoms with Crippen molar-refractivity contribution in [2.45, 2.75) is 4.90 Å². The molecule has 1 aromatic carbocycles. The van der Waals surface area contributed by atoms with E-state index in [1.807, 2.05) is 0 Å². The van der Waals surface area contributed by atoms with Gasteiger partial charge in [0.15, 0.2) is 9.84 Å². The highest BCUT2D eigenvalue weighted by Gasteiger charge is 2.18. The SMILES string of the molecule is COc1ccc(C(=O)Cl)c(S(C)(=O)=O)c1. The first kappa shape index (κ1) is 12.0. The minimum Gasteiger partial charge on any atom is -0.497 e. The van der Waals surface area contributed by atoms with E-state index in [0.29, 0.717) is 5.75 Å². The first-order valence-electron chi connectivity index (χ1n) is 3.94. The molecule has 1 rings (SSSR count). The molecule has 0 bridgehead atoms. The Labute approximate surface area is 92.7 Å². The molecule has 1 aromatic rings. The molecular formula is C9H9ClO4S. The van der Waals surface area contributed by atoms with Gasteiger partial charge in [-0.25, -0.2) is 8.42 Å². The molecule has 0 heterocycles. The van der Waals surface area contributed by atoms with Crippen LogP contribution in [0.25, 0.3) is 0 Å². The second-order valence-corrected chi connectivity index (χ2v) is 5.24. The van der Waals surface area contributed by atoms with Crippen molar-refractivity contribution in [3.63, 3.8) is 0 Å². The molecule has 0 atom stereocenters. The van der Waals surface area contributed by atoms with Crippen LogP contribution in [0.15, 0.2) is 23.1 Å². The van der Waals surface area contributed by atoms with E-state index < -0.39 is 15.1 Å². The average molecular weight is 249 g/mol. The number of rotatable bonds is 3.